The van der Waals surface area contributed by atoms with E-state index in [0.717, 1.165) is 5.56 Å². The highest BCUT2D eigenvalue weighted by molar-refractivity contribution is 5.14. The molecule has 1 rings (SSSR count). The largest absolute Gasteiger partial charge is 0.392 e. The maximum absolute atomic E-state index is 12.1. The molecular weight excluding hydrogens is 149 g/mol. The second kappa shape index (κ2) is 5.79. The van der Waals surface area contributed by atoms with Gasteiger partial charge in [-0.15, -0.1) is 0 Å². The van der Waals surface area contributed by atoms with Crippen molar-refractivity contribution >= 4 is 0 Å². The van der Waals surface area contributed by atoms with Crippen LogP contribution in [-0.4, -0.2) is 10.3 Å². The van der Waals surface area contributed by atoms with Crippen molar-refractivity contribution in [2.75, 3.05) is 0 Å². The van der Waals surface area contributed by atoms with Gasteiger partial charge in [0.25, 0.3) is 0 Å². The number of rotatable bonds is 1. The molecular formula is C7H10FNO2. The molecule has 0 amide bonds. The van der Waals surface area contributed by atoms with Gasteiger partial charge in [-0.2, -0.15) is 0 Å². The third kappa shape index (κ3) is 3.67. The standard InChI is InChI=1S/C7H7FO.H3NO/c8-7-3-1-6(5-9)2-4-7;1-2/h1-4,9H,5H2;2H,1H2. The molecule has 11 heavy (non-hydrogen) atoms. The molecule has 0 bridgehead atoms. The fourth-order valence-corrected chi connectivity index (χ4v) is 0.590. The van der Waals surface area contributed by atoms with E-state index in [1.165, 1.54) is 12.1 Å². The average Bonchev–Trinajstić information content (AvgIpc) is 2.10. The SMILES string of the molecule is NO.OCc1ccc(F)cc1. The molecule has 0 saturated heterocycles. The number of halogens is 1. The normalized spacial score (nSPS) is 8.36. The Balaban J connectivity index is 0.000000461. The highest BCUT2D eigenvalue weighted by Gasteiger charge is 1.88. The third-order valence-corrected chi connectivity index (χ3v) is 1.10. The van der Waals surface area contributed by atoms with E-state index in [1.807, 2.05) is 0 Å². The highest BCUT2D eigenvalue weighted by Crippen LogP contribution is 2.00. The van der Waals surface area contributed by atoms with Crippen LogP contribution >= 0.6 is 0 Å². The van der Waals surface area contributed by atoms with Crippen molar-refractivity contribution in [1.29, 1.82) is 0 Å². The summed E-state index contributed by atoms with van der Waals surface area (Å²) in [6, 6.07) is 5.75. The van der Waals surface area contributed by atoms with Gasteiger partial charge >= 0.3 is 0 Å². The van der Waals surface area contributed by atoms with Crippen molar-refractivity contribution in [3.8, 4) is 0 Å². The van der Waals surface area contributed by atoms with E-state index in [9.17, 15) is 4.39 Å². The van der Waals surface area contributed by atoms with Crippen LogP contribution in [0.1, 0.15) is 5.56 Å². The molecule has 0 aromatic heterocycles. The van der Waals surface area contributed by atoms with E-state index in [4.69, 9.17) is 10.3 Å². The first kappa shape index (κ1) is 10.0. The fourth-order valence-electron chi connectivity index (χ4n) is 0.590. The zero-order chi connectivity index (χ0) is 8.69. The monoisotopic (exact) mass is 159 g/mol. The number of hydrogen-bond acceptors (Lipinski definition) is 3. The number of nitrogens with two attached hydrogens (primary N) is 1. The molecule has 4 N–H and O–H groups in total. The van der Waals surface area contributed by atoms with Crippen LogP contribution in [0.4, 0.5) is 4.39 Å². The Hall–Kier alpha value is -0.970. The maximum Gasteiger partial charge on any atom is 0.123 e. The first-order chi connectivity index (χ1) is 5.33. The van der Waals surface area contributed by atoms with Crippen molar-refractivity contribution in [2.45, 2.75) is 6.61 Å². The lowest BCUT2D eigenvalue weighted by atomic mass is 10.2. The van der Waals surface area contributed by atoms with Crippen LogP contribution < -0.4 is 5.90 Å². The summed E-state index contributed by atoms with van der Waals surface area (Å²) in [7, 11) is 0. The fraction of sp³-hybridized carbons (Fsp3) is 0.143. The van der Waals surface area contributed by atoms with Gasteiger partial charge in [0.1, 0.15) is 5.82 Å². The van der Waals surface area contributed by atoms with Gasteiger partial charge in [-0.25, -0.2) is 10.3 Å². The maximum atomic E-state index is 12.1. The molecule has 0 aliphatic heterocycles. The van der Waals surface area contributed by atoms with Crippen molar-refractivity contribution in [3.63, 3.8) is 0 Å². The van der Waals surface area contributed by atoms with Gasteiger partial charge in [-0.1, -0.05) is 12.1 Å². The minimum atomic E-state index is -0.271. The predicted octanol–water partition coefficient (Wildman–Crippen LogP) is 0.652. The van der Waals surface area contributed by atoms with Crippen molar-refractivity contribution < 1.29 is 14.7 Å². The third-order valence-electron chi connectivity index (χ3n) is 1.10. The van der Waals surface area contributed by atoms with Crippen LogP contribution in [0, 0.1) is 5.82 Å². The number of hydrogen-bond donors (Lipinski definition) is 3. The molecule has 0 unspecified atom stereocenters. The Labute approximate surface area is 63.9 Å². The van der Waals surface area contributed by atoms with Gasteiger partial charge in [-0.3, -0.25) is 0 Å². The molecule has 0 radical (unpaired) electrons. The molecule has 62 valence electrons. The summed E-state index contributed by atoms with van der Waals surface area (Å²) in [5.41, 5.74) is 0.733. The van der Waals surface area contributed by atoms with Gasteiger partial charge in [0.2, 0.25) is 0 Å². The Bertz CT molecular complexity index is 188. The molecule has 3 nitrogen and oxygen atoms in total. The van der Waals surface area contributed by atoms with Crippen LogP contribution in [0.25, 0.3) is 0 Å². The van der Waals surface area contributed by atoms with E-state index in [1.54, 1.807) is 12.1 Å². The van der Waals surface area contributed by atoms with Gasteiger partial charge in [0, 0.05) is 0 Å². The first-order valence-electron chi connectivity index (χ1n) is 2.94. The molecule has 0 aliphatic rings. The summed E-state index contributed by atoms with van der Waals surface area (Å²) in [6.45, 7) is -0.0275. The lowest BCUT2D eigenvalue weighted by Gasteiger charge is -1.91. The molecule has 0 saturated carbocycles. The Morgan fingerprint density at radius 3 is 2.00 bits per heavy atom. The van der Waals surface area contributed by atoms with Crippen LogP contribution in [-0.2, 0) is 6.61 Å². The van der Waals surface area contributed by atoms with E-state index >= 15 is 0 Å². The molecule has 1 aromatic rings. The van der Waals surface area contributed by atoms with Crippen LogP contribution in [0.5, 0.6) is 0 Å². The number of aliphatic hydroxyl groups is 1. The molecule has 0 heterocycles. The molecule has 0 aliphatic carbocycles. The minimum Gasteiger partial charge on any atom is -0.392 e. The Morgan fingerprint density at radius 2 is 1.64 bits per heavy atom. The van der Waals surface area contributed by atoms with Crippen LogP contribution in [0.2, 0.25) is 0 Å². The second-order valence-electron chi connectivity index (χ2n) is 1.78. The molecule has 0 atom stereocenters. The highest BCUT2D eigenvalue weighted by atomic mass is 19.1. The van der Waals surface area contributed by atoms with Crippen molar-refractivity contribution in [3.05, 3.63) is 35.6 Å². The Morgan fingerprint density at radius 1 is 1.18 bits per heavy atom. The molecule has 0 fully saturated rings. The lowest BCUT2D eigenvalue weighted by molar-refractivity contribution is 0.281. The predicted molar refractivity (Wildman–Crippen MR) is 38.3 cm³/mol. The first-order valence-corrected chi connectivity index (χ1v) is 2.94. The van der Waals surface area contributed by atoms with Gasteiger partial charge in [-0.05, 0) is 17.7 Å². The van der Waals surface area contributed by atoms with Gasteiger partial charge in [0.05, 0.1) is 6.61 Å². The lowest BCUT2D eigenvalue weighted by Crippen LogP contribution is -1.81. The summed E-state index contributed by atoms with van der Waals surface area (Å²) in [5, 5.41) is 15.0. The van der Waals surface area contributed by atoms with Crippen LogP contribution in [0.15, 0.2) is 24.3 Å². The summed E-state index contributed by atoms with van der Waals surface area (Å²) < 4.78 is 12.1. The summed E-state index contributed by atoms with van der Waals surface area (Å²) in [6.07, 6.45) is 0. The van der Waals surface area contributed by atoms with E-state index in [2.05, 4.69) is 5.90 Å². The van der Waals surface area contributed by atoms with Crippen molar-refractivity contribution in [2.24, 2.45) is 5.90 Å². The second-order valence-corrected chi connectivity index (χ2v) is 1.78. The Kier molecular flexibility index (Phi) is 5.28. The van der Waals surface area contributed by atoms with Gasteiger partial charge < -0.3 is 10.3 Å². The van der Waals surface area contributed by atoms with E-state index in [0.29, 0.717) is 0 Å². The van der Waals surface area contributed by atoms with Crippen molar-refractivity contribution in [1.82, 2.24) is 0 Å². The van der Waals surface area contributed by atoms with Gasteiger partial charge in [0.15, 0.2) is 0 Å². The zero-order valence-electron chi connectivity index (χ0n) is 5.87. The van der Waals surface area contributed by atoms with E-state index < -0.39 is 0 Å². The zero-order valence-corrected chi connectivity index (χ0v) is 5.87. The number of benzene rings is 1. The topological polar surface area (TPSA) is 66.5 Å². The smallest absolute Gasteiger partial charge is 0.123 e. The minimum absolute atomic E-state index is 0.0275. The average molecular weight is 159 g/mol. The molecule has 0 spiro atoms. The van der Waals surface area contributed by atoms with E-state index in [-0.39, 0.29) is 12.4 Å². The van der Waals surface area contributed by atoms with Crippen LogP contribution in [0.3, 0.4) is 0 Å². The quantitative estimate of drug-likeness (QED) is 0.527. The molecule has 1 aromatic carbocycles. The summed E-state index contributed by atoms with van der Waals surface area (Å²) >= 11 is 0. The molecule has 4 heteroatoms. The summed E-state index contributed by atoms with van der Waals surface area (Å²) in [4.78, 5) is 0. The number of aliphatic hydroxyl groups excluding tert-OH is 1. The summed E-state index contributed by atoms with van der Waals surface area (Å²) in [5.74, 6) is 3.23.